The fourth-order valence-corrected chi connectivity index (χ4v) is 2.57. The Morgan fingerprint density at radius 2 is 2.29 bits per heavy atom. The molecule has 1 aromatic heterocycles. The normalized spacial score (nSPS) is 33.1. The van der Waals surface area contributed by atoms with E-state index in [1.807, 2.05) is 6.20 Å². The van der Waals surface area contributed by atoms with Crippen LogP contribution in [-0.4, -0.2) is 14.3 Å². The first-order valence-corrected chi connectivity index (χ1v) is 5.96. The summed E-state index contributed by atoms with van der Waals surface area (Å²) in [6.45, 7) is 2.31. The van der Waals surface area contributed by atoms with Crippen LogP contribution in [0, 0.1) is 5.92 Å². The highest BCUT2D eigenvalue weighted by atomic mass is 32.1. The van der Waals surface area contributed by atoms with Crippen molar-refractivity contribution in [2.75, 3.05) is 0 Å². The van der Waals surface area contributed by atoms with Crippen LogP contribution in [0.4, 0.5) is 0 Å². The van der Waals surface area contributed by atoms with Crippen LogP contribution in [-0.2, 0) is 6.42 Å². The van der Waals surface area contributed by atoms with Gasteiger partial charge in [-0.2, -0.15) is 8.75 Å². The van der Waals surface area contributed by atoms with Gasteiger partial charge in [0.25, 0.3) is 0 Å². The van der Waals surface area contributed by atoms with Crippen LogP contribution in [0.15, 0.2) is 6.20 Å². The lowest BCUT2D eigenvalue weighted by Gasteiger charge is -2.35. The summed E-state index contributed by atoms with van der Waals surface area (Å²) in [5.41, 5.74) is 7.40. The third-order valence-corrected chi connectivity index (χ3v) is 3.73. The first kappa shape index (κ1) is 10.1. The van der Waals surface area contributed by atoms with Crippen molar-refractivity contribution in [3.05, 3.63) is 11.9 Å². The first-order valence-electron chi connectivity index (χ1n) is 5.23. The highest BCUT2D eigenvalue weighted by Crippen LogP contribution is 2.32. The fourth-order valence-electron chi connectivity index (χ4n) is 2.14. The van der Waals surface area contributed by atoms with E-state index in [1.165, 1.54) is 24.6 Å². The maximum atomic E-state index is 6.35. The summed E-state index contributed by atoms with van der Waals surface area (Å²) in [7, 11) is 0. The van der Waals surface area contributed by atoms with E-state index in [4.69, 9.17) is 5.73 Å². The molecule has 0 saturated heterocycles. The molecule has 1 aliphatic carbocycles. The summed E-state index contributed by atoms with van der Waals surface area (Å²) >= 11 is 1.27. The Bertz CT molecular complexity index is 276. The van der Waals surface area contributed by atoms with Crippen LogP contribution >= 0.6 is 11.7 Å². The van der Waals surface area contributed by atoms with Gasteiger partial charge >= 0.3 is 0 Å². The zero-order valence-corrected chi connectivity index (χ0v) is 9.39. The van der Waals surface area contributed by atoms with Gasteiger partial charge in [0.1, 0.15) is 0 Å². The number of aromatic nitrogens is 2. The standard InChI is InChI=1S/C10H17N3S/c1-8-2-4-10(11,5-3-8)6-9-7-12-14-13-9/h7-8H,2-6,11H2,1H3. The van der Waals surface area contributed by atoms with Crippen molar-refractivity contribution < 1.29 is 0 Å². The van der Waals surface area contributed by atoms with E-state index in [0.717, 1.165) is 30.9 Å². The number of nitrogens with zero attached hydrogens (tertiary/aromatic N) is 2. The monoisotopic (exact) mass is 211 g/mol. The summed E-state index contributed by atoms with van der Waals surface area (Å²) in [6.07, 6.45) is 7.52. The lowest BCUT2D eigenvalue weighted by molar-refractivity contribution is 0.242. The second kappa shape index (κ2) is 3.95. The zero-order chi connectivity index (χ0) is 10.0. The Morgan fingerprint density at radius 1 is 1.57 bits per heavy atom. The third-order valence-electron chi connectivity index (χ3n) is 3.21. The molecule has 0 bridgehead atoms. The molecule has 0 amide bonds. The Hall–Kier alpha value is -0.480. The molecule has 1 saturated carbocycles. The molecule has 0 unspecified atom stereocenters. The van der Waals surface area contributed by atoms with Gasteiger partial charge < -0.3 is 5.73 Å². The topological polar surface area (TPSA) is 51.8 Å². The summed E-state index contributed by atoms with van der Waals surface area (Å²) in [5, 5.41) is 0. The van der Waals surface area contributed by atoms with Crippen LogP contribution < -0.4 is 5.73 Å². The number of hydrogen-bond acceptors (Lipinski definition) is 4. The highest BCUT2D eigenvalue weighted by Gasteiger charge is 2.30. The molecular formula is C10H17N3S. The van der Waals surface area contributed by atoms with Gasteiger partial charge in [0.15, 0.2) is 0 Å². The van der Waals surface area contributed by atoms with E-state index in [1.54, 1.807) is 0 Å². The number of hydrogen-bond donors (Lipinski definition) is 1. The summed E-state index contributed by atoms with van der Waals surface area (Å²) < 4.78 is 8.23. The molecule has 2 rings (SSSR count). The lowest BCUT2D eigenvalue weighted by atomic mass is 9.75. The van der Waals surface area contributed by atoms with Crippen LogP contribution in [0.1, 0.15) is 38.3 Å². The molecule has 2 N–H and O–H groups in total. The van der Waals surface area contributed by atoms with E-state index < -0.39 is 0 Å². The van der Waals surface area contributed by atoms with Crippen molar-refractivity contribution in [1.29, 1.82) is 0 Å². The Morgan fingerprint density at radius 3 is 2.86 bits per heavy atom. The second-order valence-corrected chi connectivity index (χ2v) is 5.18. The van der Waals surface area contributed by atoms with E-state index >= 15 is 0 Å². The van der Waals surface area contributed by atoms with Gasteiger partial charge in [-0.1, -0.05) is 6.92 Å². The molecule has 0 radical (unpaired) electrons. The fraction of sp³-hybridized carbons (Fsp3) is 0.800. The molecule has 1 fully saturated rings. The lowest BCUT2D eigenvalue weighted by Crippen LogP contribution is -2.45. The molecular weight excluding hydrogens is 194 g/mol. The molecule has 1 aliphatic rings. The minimum atomic E-state index is -0.0116. The smallest absolute Gasteiger partial charge is 0.0761 e. The Labute approximate surface area is 89.0 Å². The zero-order valence-electron chi connectivity index (χ0n) is 8.57. The van der Waals surface area contributed by atoms with Crippen LogP contribution in [0.2, 0.25) is 0 Å². The molecule has 3 nitrogen and oxygen atoms in total. The summed E-state index contributed by atoms with van der Waals surface area (Å²) in [4.78, 5) is 0. The minimum Gasteiger partial charge on any atom is -0.325 e. The van der Waals surface area contributed by atoms with Crippen molar-refractivity contribution in [2.24, 2.45) is 11.7 Å². The minimum absolute atomic E-state index is 0.0116. The maximum Gasteiger partial charge on any atom is 0.0761 e. The Balaban J connectivity index is 1.96. The Kier molecular flexibility index (Phi) is 2.83. The average molecular weight is 211 g/mol. The SMILES string of the molecule is CC1CCC(N)(Cc2cnsn2)CC1. The molecule has 1 aromatic rings. The van der Waals surface area contributed by atoms with Crippen molar-refractivity contribution in [3.63, 3.8) is 0 Å². The quantitative estimate of drug-likeness (QED) is 0.814. The van der Waals surface area contributed by atoms with E-state index in [2.05, 4.69) is 15.7 Å². The molecule has 14 heavy (non-hydrogen) atoms. The van der Waals surface area contributed by atoms with E-state index in [-0.39, 0.29) is 5.54 Å². The molecule has 78 valence electrons. The maximum absolute atomic E-state index is 6.35. The van der Waals surface area contributed by atoms with Crippen molar-refractivity contribution in [3.8, 4) is 0 Å². The van der Waals surface area contributed by atoms with Crippen molar-refractivity contribution >= 4 is 11.7 Å². The van der Waals surface area contributed by atoms with Gasteiger partial charge in [0.2, 0.25) is 0 Å². The van der Waals surface area contributed by atoms with Gasteiger partial charge in [-0.15, -0.1) is 0 Å². The van der Waals surface area contributed by atoms with Crippen molar-refractivity contribution in [2.45, 2.75) is 44.6 Å². The van der Waals surface area contributed by atoms with Gasteiger partial charge in [0, 0.05) is 12.0 Å². The molecule has 0 aromatic carbocycles. The predicted octanol–water partition coefficient (Wildman–Crippen LogP) is 1.99. The molecule has 0 aliphatic heterocycles. The summed E-state index contributed by atoms with van der Waals surface area (Å²) in [5.74, 6) is 0.847. The second-order valence-electron chi connectivity index (χ2n) is 4.62. The first-order chi connectivity index (χ1) is 6.68. The van der Waals surface area contributed by atoms with Gasteiger partial charge in [0.05, 0.1) is 23.6 Å². The van der Waals surface area contributed by atoms with Crippen LogP contribution in [0.5, 0.6) is 0 Å². The molecule has 1 heterocycles. The third kappa shape index (κ3) is 2.30. The molecule has 0 atom stereocenters. The predicted molar refractivity (Wildman–Crippen MR) is 58.2 cm³/mol. The molecule has 4 heteroatoms. The average Bonchev–Trinajstić information content (AvgIpc) is 2.63. The number of nitrogens with two attached hydrogens (primary N) is 1. The summed E-state index contributed by atoms with van der Waals surface area (Å²) in [6, 6.07) is 0. The van der Waals surface area contributed by atoms with Gasteiger partial charge in [-0.05, 0) is 31.6 Å². The molecule has 0 spiro atoms. The van der Waals surface area contributed by atoms with Crippen LogP contribution in [0.25, 0.3) is 0 Å². The highest BCUT2D eigenvalue weighted by molar-refractivity contribution is 6.99. The van der Waals surface area contributed by atoms with E-state index in [9.17, 15) is 0 Å². The van der Waals surface area contributed by atoms with Crippen LogP contribution in [0.3, 0.4) is 0 Å². The largest absolute Gasteiger partial charge is 0.325 e. The number of rotatable bonds is 2. The van der Waals surface area contributed by atoms with Gasteiger partial charge in [-0.3, -0.25) is 0 Å². The van der Waals surface area contributed by atoms with Crippen molar-refractivity contribution in [1.82, 2.24) is 8.75 Å². The van der Waals surface area contributed by atoms with E-state index in [0.29, 0.717) is 0 Å². The van der Waals surface area contributed by atoms with Gasteiger partial charge in [-0.25, -0.2) is 0 Å².